The van der Waals surface area contributed by atoms with Crippen LogP contribution in [0.1, 0.15) is 5.56 Å². The first kappa shape index (κ1) is 17.1. The lowest BCUT2D eigenvalue weighted by molar-refractivity contribution is 0.174. The van der Waals surface area contributed by atoms with Gasteiger partial charge in [-0.3, -0.25) is 0 Å². The number of aromatic nitrogens is 2. The van der Waals surface area contributed by atoms with Gasteiger partial charge in [0.05, 0.1) is 0 Å². The van der Waals surface area contributed by atoms with Gasteiger partial charge in [0.1, 0.15) is 17.8 Å². The lowest BCUT2D eigenvalue weighted by atomic mass is 10.1. The van der Waals surface area contributed by atoms with Crippen LogP contribution in [0.25, 0.3) is 10.8 Å². The predicted molar refractivity (Wildman–Crippen MR) is 110 cm³/mol. The van der Waals surface area contributed by atoms with Gasteiger partial charge in [-0.05, 0) is 29.1 Å². The second-order valence-electron chi connectivity index (χ2n) is 6.56. The van der Waals surface area contributed by atoms with Crippen molar-refractivity contribution in [3.8, 4) is 23.1 Å². The van der Waals surface area contributed by atoms with Crippen LogP contribution in [0.3, 0.4) is 0 Å². The molecule has 0 aliphatic carbocycles. The van der Waals surface area contributed by atoms with E-state index >= 15 is 0 Å². The Morgan fingerprint density at radius 3 is 2.79 bits per heavy atom. The molecule has 144 valence electrons. The largest absolute Gasteiger partial charge is 0.454 e. The summed E-state index contributed by atoms with van der Waals surface area (Å²) in [5, 5.41) is 5.30. The van der Waals surface area contributed by atoms with Crippen LogP contribution in [0.4, 0.5) is 11.5 Å². The van der Waals surface area contributed by atoms with E-state index in [1.807, 2.05) is 60.7 Å². The molecule has 0 radical (unpaired) electrons. The molecule has 7 nitrogen and oxygen atoms in total. The first-order valence-corrected chi connectivity index (χ1v) is 9.16. The second kappa shape index (κ2) is 7.20. The molecule has 0 saturated heterocycles. The average molecular weight is 386 g/mol. The van der Waals surface area contributed by atoms with Crippen LogP contribution in [0.15, 0.2) is 67.0 Å². The summed E-state index contributed by atoms with van der Waals surface area (Å²) < 4.78 is 16.8. The Morgan fingerprint density at radius 2 is 1.83 bits per heavy atom. The van der Waals surface area contributed by atoms with E-state index in [1.54, 1.807) is 0 Å². The van der Waals surface area contributed by atoms with Gasteiger partial charge in [0.15, 0.2) is 17.3 Å². The van der Waals surface area contributed by atoms with E-state index in [2.05, 4.69) is 15.3 Å². The van der Waals surface area contributed by atoms with Crippen molar-refractivity contribution in [3.63, 3.8) is 0 Å². The molecule has 0 amide bonds. The zero-order valence-electron chi connectivity index (χ0n) is 15.5. The van der Waals surface area contributed by atoms with Crippen molar-refractivity contribution in [2.24, 2.45) is 0 Å². The highest BCUT2D eigenvalue weighted by molar-refractivity contribution is 5.88. The van der Waals surface area contributed by atoms with Gasteiger partial charge in [0.2, 0.25) is 12.7 Å². The highest BCUT2D eigenvalue weighted by Gasteiger charge is 2.15. The number of benzene rings is 3. The number of nitrogens with one attached hydrogen (secondary N) is 1. The molecule has 0 spiro atoms. The van der Waals surface area contributed by atoms with Crippen molar-refractivity contribution >= 4 is 22.3 Å². The molecular formula is C22H18N4O3. The fourth-order valence-corrected chi connectivity index (χ4v) is 3.23. The second-order valence-corrected chi connectivity index (χ2v) is 6.56. The van der Waals surface area contributed by atoms with Gasteiger partial charge in [-0.2, -0.15) is 4.98 Å². The van der Waals surface area contributed by atoms with E-state index in [9.17, 15) is 0 Å². The molecule has 0 unspecified atom stereocenters. The lowest BCUT2D eigenvalue weighted by Crippen LogP contribution is -2.06. The van der Waals surface area contributed by atoms with Crippen molar-refractivity contribution in [1.29, 1.82) is 0 Å². The molecule has 4 aromatic rings. The number of anilines is 2. The van der Waals surface area contributed by atoms with Crippen LogP contribution in [0, 0.1) is 0 Å². The number of fused-ring (bicyclic) bond motifs is 2. The number of nitrogens with zero attached hydrogens (tertiary/aromatic N) is 2. The SMILES string of the molecule is Nc1c(NCc2ccc3c(c2)OCO3)ncnc1Oc1cccc2ccccc12. The Bertz CT molecular complexity index is 1190. The van der Waals surface area contributed by atoms with E-state index in [4.69, 9.17) is 19.9 Å². The van der Waals surface area contributed by atoms with E-state index in [-0.39, 0.29) is 6.79 Å². The van der Waals surface area contributed by atoms with Crippen molar-refractivity contribution in [2.45, 2.75) is 6.54 Å². The highest BCUT2D eigenvalue weighted by Crippen LogP contribution is 2.35. The molecule has 7 heteroatoms. The van der Waals surface area contributed by atoms with Crippen molar-refractivity contribution in [1.82, 2.24) is 9.97 Å². The molecule has 0 fully saturated rings. The minimum absolute atomic E-state index is 0.250. The fourth-order valence-electron chi connectivity index (χ4n) is 3.23. The molecule has 0 atom stereocenters. The quantitative estimate of drug-likeness (QED) is 0.527. The number of hydrogen-bond donors (Lipinski definition) is 2. The van der Waals surface area contributed by atoms with Gasteiger partial charge in [0, 0.05) is 11.9 Å². The molecule has 0 bridgehead atoms. The molecule has 1 aliphatic heterocycles. The summed E-state index contributed by atoms with van der Waals surface area (Å²) in [6, 6.07) is 19.6. The minimum Gasteiger partial charge on any atom is -0.454 e. The number of hydrogen-bond acceptors (Lipinski definition) is 7. The van der Waals surface area contributed by atoms with Gasteiger partial charge in [-0.15, -0.1) is 0 Å². The molecular weight excluding hydrogens is 368 g/mol. The Balaban J connectivity index is 1.37. The third-order valence-corrected chi connectivity index (χ3v) is 4.70. The summed E-state index contributed by atoms with van der Waals surface area (Å²) in [4.78, 5) is 8.46. The van der Waals surface area contributed by atoms with Crippen LogP contribution in [-0.4, -0.2) is 16.8 Å². The van der Waals surface area contributed by atoms with Gasteiger partial charge < -0.3 is 25.3 Å². The topological polar surface area (TPSA) is 91.5 Å². The standard InChI is InChI=1S/C22H18N4O3/c23-20-21(24-11-14-8-9-18-19(10-14)28-13-27-18)25-12-26-22(20)29-17-7-3-5-15-4-1-2-6-16(15)17/h1-10,12H,11,13,23H2,(H,24,25,26). The first-order chi connectivity index (χ1) is 14.3. The number of nitrogen functional groups attached to an aromatic ring is 1. The van der Waals surface area contributed by atoms with E-state index in [0.717, 1.165) is 27.8 Å². The fraction of sp³-hybridized carbons (Fsp3) is 0.0909. The van der Waals surface area contributed by atoms with Gasteiger partial charge in [0.25, 0.3) is 0 Å². The van der Waals surface area contributed by atoms with Gasteiger partial charge in [-0.1, -0.05) is 42.5 Å². The Morgan fingerprint density at radius 1 is 0.966 bits per heavy atom. The maximum absolute atomic E-state index is 6.27. The molecule has 29 heavy (non-hydrogen) atoms. The summed E-state index contributed by atoms with van der Waals surface area (Å²) in [5.41, 5.74) is 7.64. The predicted octanol–water partition coefficient (Wildman–Crippen LogP) is 4.35. The van der Waals surface area contributed by atoms with Crippen molar-refractivity contribution in [3.05, 3.63) is 72.6 Å². The van der Waals surface area contributed by atoms with Crippen LogP contribution in [0.5, 0.6) is 23.1 Å². The average Bonchev–Trinajstić information content (AvgIpc) is 3.22. The zero-order valence-corrected chi connectivity index (χ0v) is 15.5. The summed E-state index contributed by atoms with van der Waals surface area (Å²) >= 11 is 0. The van der Waals surface area contributed by atoms with Crippen LogP contribution in [0.2, 0.25) is 0 Å². The van der Waals surface area contributed by atoms with Crippen LogP contribution < -0.4 is 25.3 Å². The maximum atomic E-state index is 6.27. The Kier molecular flexibility index (Phi) is 4.25. The number of rotatable bonds is 5. The Hall–Kier alpha value is -4.00. The van der Waals surface area contributed by atoms with Crippen molar-refractivity contribution < 1.29 is 14.2 Å². The molecule has 1 aliphatic rings. The zero-order chi connectivity index (χ0) is 19.6. The number of ether oxygens (including phenoxy) is 3. The normalized spacial score (nSPS) is 12.1. The van der Waals surface area contributed by atoms with E-state index in [0.29, 0.717) is 29.7 Å². The van der Waals surface area contributed by atoms with Crippen molar-refractivity contribution in [2.75, 3.05) is 17.8 Å². The summed E-state index contributed by atoms with van der Waals surface area (Å²) in [7, 11) is 0. The van der Waals surface area contributed by atoms with Crippen LogP contribution >= 0.6 is 0 Å². The highest BCUT2D eigenvalue weighted by atomic mass is 16.7. The van der Waals surface area contributed by atoms with Gasteiger partial charge >= 0.3 is 0 Å². The number of nitrogens with two attached hydrogens (primary N) is 1. The molecule has 2 heterocycles. The third kappa shape index (κ3) is 3.34. The molecule has 3 aromatic carbocycles. The maximum Gasteiger partial charge on any atom is 0.248 e. The Labute approximate surface area is 167 Å². The third-order valence-electron chi connectivity index (χ3n) is 4.70. The molecule has 1 aromatic heterocycles. The van der Waals surface area contributed by atoms with E-state index in [1.165, 1.54) is 6.33 Å². The molecule has 0 saturated carbocycles. The van der Waals surface area contributed by atoms with Gasteiger partial charge in [-0.25, -0.2) is 4.98 Å². The smallest absolute Gasteiger partial charge is 0.248 e. The first-order valence-electron chi connectivity index (χ1n) is 9.16. The molecule has 3 N–H and O–H groups in total. The van der Waals surface area contributed by atoms with Crippen LogP contribution in [-0.2, 0) is 6.54 Å². The summed E-state index contributed by atoms with van der Waals surface area (Å²) in [6.45, 7) is 0.769. The summed E-state index contributed by atoms with van der Waals surface area (Å²) in [5.74, 6) is 2.99. The lowest BCUT2D eigenvalue weighted by Gasteiger charge is -2.13. The monoisotopic (exact) mass is 386 g/mol. The summed E-state index contributed by atoms with van der Waals surface area (Å²) in [6.07, 6.45) is 1.43. The molecule has 5 rings (SSSR count). The van der Waals surface area contributed by atoms with E-state index < -0.39 is 0 Å². The minimum atomic E-state index is 0.250.